The summed E-state index contributed by atoms with van der Waals surface area (Å²) >= 11 is 0. The number of carbonyl (C=O) groups excluding carboxylic acids is 2. The van der Waals surface area contributed by atoms with Gasteiger partial charge in [0.2, 0.25) is 0 Å². The second kappa shape index (κ2) is 11.9. The fourth-order valence-corrected chi connectivity index (χ4v) is 5.35. The Labute approximate surface area is 223 Å². The number of hydrogen-bond donors (Lipinski definition) is 3. The van der Waals surface area contributed by atoms with E-state index in [0.717, 1.165) is 65.6 Å². The Morgan fingerprint density at radius 2 is 1.50 bits per heavy atom. The van der Waals surface area contributed by atoms with Crippen molar-refractivity contribution in [1.29, 1.82) is 0 Å². The molecule has 0 aliphatic heterocycles. The van der Waals surface area contributed by atoms with Crippen molar-refractivity contribution in [2.24, 2.45) is 0 Å². The van der Waals surface area contributed by atoms with E-state index in [1.807, 2.05) is 69.3 Å². The third-order valence-electron chi connectivity index (χ3n) is 7.10. The average molecular weight is 514 g/mol. The minimum absolute atomic E-state index is 0.138. The molecular formula is C31H35N3O4. The number of carboxylic acid groups (broad SMARTS) is 1. The highest BCUT2D eigenvalue weighted by atomic mass is 16.4. The van der Waals surface area contributed by atoms with E-state index in [4.69, 9.17) is 0 Å². The summed E-state index contributed by atoms with van der Waals surface area (Å²) in [6.07, 6.45) is 4.56. The molecule has 7 heteroatoms. The number of rotatable bonds is 7. The molecule has 1 aliphatic rings. The molecule has 3 aromatic rings. The number of nitrogens with one attached hydrogen (secondary N) is 2. The predicted molar refractivity (Wildman–Crippen MR) is 151 cm³/mol. The van der Waals surface area contributed by atoms with Gasteiger partial charge in [0.1, 0.15) is 6.54 Å². The number of benzene rings is 3. The quantitative estimate of drug-likeness (QED) is 0.324. The zero-order valence-corrected chi connectivity index (χ0v) is 22.2. The van der Waals surface area contributed by atoms with Crippen LogP contribution in [0.3, 0.4) is 0 Å². The summed E-state index contributed by atoms with van der Waals surface area (Å²) in [5.74, 6) is -1.45. The second-order valence-electron chi connectivity index (χ2n) is 10.1. The molecule has 0 radical (unpaired) electrons. The second-order valence-corrected chi connectivity index (χ2v) is 10.1. The molecule has 0 aromatic heterocycles. The Bertz CT molecular complexity index is 1310. The van der Waals surface area contributed by atoms with Gasteiger partial charge in [-0.15, -0.1) is 0 Å². The summed E-state index contributed by atoms with van der Waals surface area (Å²) < 4.78 is 0. The first-order valence-electron chi connectivity index (χ1n) is 13.1. The van der Waals surface area contributed by atoms with E-state index in [1.54, 1.807) is 12.1 Å². The molecule has 1 saturated carbocycles. The van der Waals surface area contributed by atoms with Crippen molar-refractivity contribution < 1.29 is 19.5 Å². The van der Waals surface area contributed by atoms with Crippen molar-refractivity contribution in [3.63, 3.8) is 0 Å². The van der Waals surface area contributed by atoms with Crippen LogP contribution in [-0.2, 0) is 4.79 Å². The lowest BCUT2D eigenvalue weighted by Crippen LogP contribution is -2.44. The molecule has 0 unspecified atom stereocenters. The van der Waals surface area contributed by atoms with Crippen molar-refractivity contribution in [2.45, 2.75) is 58.9 Å². The van der Waals surface area contributed by atoms with Gasteiger partial charge in [-0.25, -0.2) is 4.79 Å². The first-order valence-corrected chi connectivity index (χ1v) is 13.1. The van der Waals surface area contributed by atoms with Gasteiger partial charge in [0.05, 0.1) is 11.3 Å². The summed E-state index contributed by atoms with van der Waals surface area (Å²) in [5, 5.41) is 15.4. The SMILES string of the molecule is Cc1cc(C)c(NC(=O)Nc2cc(-c3ccccc3)ccc2C(=O)N(CC(=O)O)C2CCCCC2)c(C)c1. The molecular weight excluding hydrogens is 478 g/mol. The number of aryl methyl sites for hydroxylation is 3. The van der Waals surface area contributed by atoms with Gasteiger partial charge in [0.15, 0.2) is 0 Å². The Balaban J connectivity index is 1.69. The van der Waals surface area contributed by atoms with Crippen LogP contribution in [0.2, 0.25) is 0 Å². The van der Waals surface area contributed by atoms with Crippen LogP contribution < -0.4 is 10.6 Å². The van der Waals surface area contributed by atoms with Gasteiger partial charge in [-0.05, 0) is 68.0 Å². The fourth-order valence-electron chi connectivity index (χ4n) is 5.35. The van der Waals surface area contributed by atoms with Gasteiger partial charge in [0.25, 0.3) is 5.91 Å². The van der Waals surface area contributed by atoms with Gasteiger partial charge in [0, 0.05) is 11.7 Å². The molecule has 0 heterocycles. The molecule has 0 bridgehead atoms. The first kappa shape index (κ1) is 26.9. The van der Waals surface area contributed by atoms with E-state index in [0.29, 0.717) is 5.69 Å². The summed E-state index contributed by atoms with van der Waals surface area (Å²) in [4.78, 5) is 40.2. The molecule has 3 aromatic carbocycles. The van der Waals surface area contributed by atoms with Crippen molar-refractivity contribution in [1.82, 2.24) is 4.90 Å². The lowest BCUT2D eigenvalue weighted by molar-refractivity contribution is -0.138. The van der Waals surface area contributed by atoms with Crippen molar-refractivity contribution in [2.75, 3.05) is 17.2 Å². The van der Waals surface area contributed by atoms with Gasteiger partial charge in [-0.1, -0.05) is 73.4 Å². The van der Waals surface area contributed by atoms with Gasteiger partial charge < -0.3 is 20.6 Å². The Morgan fingerprint density at radius 1 is 0.842 bits per heavy atom. The number of urea groups is 1. The maximum atomic E-state index is 13.8. The number of amides is 3. The monoisotopic (exact) mass is 513 g/mol. The molecule has 198 valence electrons. The number of hydrogen-bond acceptors (Lipinski definition) is 3. The molecule has 3 N–H and O–H groups in total. The normalized spacial score (nSPS) is 13.6. The van der Waals surface area contributed by atoms with Crippen molar-refractivity contribution in [3.8, 4) is 11.1 Å². The summed E-state index contributed by atoms with van der Waals surface area (Å²) in [5.41, 5.74) is 6.09. The first-order chi connectivity index (χ1) is 18.2. The molecule has 7 nitrogen and oxygen atoms in total. The van der Waals surface area contributed by atoms with Crippen LogP contribution >= 0.6 is 0 Å². The maximum Gasteiger partial charge on any atom is 0.323 e. The van der Waals surface area contributed by atoms with Crippen LogP contribution in [-0.4, -0.2) is 40.5 Å². The summed E-state index contributed by atoms with van der Waals surface area (Å²) in [7, 11) is 0. The average Bonchev–Trinajstić information content (AvgIpc) is 2.90. The summed E-state index contributed by atoms with van der Waals surface area (Å²) in [6.45, 7) is 5.51. The Hall–Kier alpha value is -4.13. The third-order valence-corrected chi connectivity index (χ3v) is 7.10. The van der Waals surface area contributed by atoms with Crippen LogP contribution in [0, 0.1) is 20.8 Å². The highest BCUT2D eigenvalue weighted by Gasteiger charge is 2.30. The number of aliphatic carboxylic acids is 1. The number of carboxylic acids is 1. The van der Waals surface area contributed by atoms with Gasteiger partial charge >= 0.3 is 12.0 Å². The smallest absolute Gasteiger partial charge is 0.323 e. The maximum absolute atomic E-state index is 13.8. The zero-order chi connectivity index (χ0) is 27.2. The third kappa shape index (κ3) is 6.40. The van der Waals surface area contributed by atoms with E-state index >= 15 is 0 Å². The molecule has 38 heavy (non-hydrogen) atoms. The Morgan fingerprint density at radius 3 is 2.13 bits per heavy atom. The zero-order valence-electron chi connectivity index (χ0n) is 22.2. The predicted octanol–water partition coefficient (Wildman–Crippen LogP) is 6.78. The fraction of sp³-hybridized carbons (Fsp3) is 0.323. The highest BCUT2D eigenvalue weighted by molar-refractivity contribution is 6.08. The molecule has 0 spiro atoms. The van der Waals surface area contributed by atoms with E-state index in [-0.39, 0.29) is 18.2 Å². The molecule has 0 saturated heterocycles. The molecule has 1 aliphatic carbocycles. The Kier molecular flexibility index (Phi) is 8.46. The number of nitrogens with zero attached hydrogens (tertiary/aromatic N) is 1. The van der Waals surface area contributed by atoms with Crippen molar-refractivity contribution in [3.05, 3.63) is 82.9 Å². The van der Waals surface area contributed by atoms with Gasteiger partial charge in [-0.2, -0.15) is 0 Å². The van der Waals surface area contributed by atoms with Crippen molar-refractivity contribution >= 4 is 29.3 Å². The minimum Gasteiger partial charge on any atom is -0.480 e. The largest absolute Gasteiger partial charge is 0.480 e. The van der Waals surface area contributed by atoms with Gasteiger partial charge in [-0.3, -0.25) is 9.59 Å². The highest BCUT2D eigenvalue weighted by Crippen LogP contribution is 2.30. The van der Waals surface area contributed by atoms with Crippen LogP contribution in [0.1, 0.15) is 59.2 Å². The van der Waals surface area contributed by atoms with Crippen LogP contribution in [0.15, 0.2) is 60.7 Å². The van der Waals surface area contributed by atoms with E-state index in [2.05, 4.69) is 10.6 Å². The molecule has 1 fully saturated rings. The number of anilines is 2. The molecule has 0 atom stereocenters. The van der Waals surface area contributed by atoms with E-state index in [9.17, 15) is 19.5 Å². The number of carbonyl (C=O) groups is 3. The topological polar surface area (TPSA) is 98.7 Å². The van der Waals surface area contributed by atoms with E-state index < -0.39 is 17.9 Å². The molecule has 3 amide bonds. The lowest BCUT2D eigenvalue weighted by Gasteiger charge is -2.33. The minimum atomic E-state index is -1.05. The van der Waals surface area contributed by atoms with E-state index in [1.165, 1.54) is 4.90 Å². The van der Waals surface area contributed by atoms with Crippen LogP contribution in [0.25, 0.3) is 11.1 Å². The standard InChI is InChI=1S/C31H35N3O4/c1-20-16-21(2)29(22(3)17-20)33-31(38)32-27-18-24(23-10-6-4-7-11-23)14-15-26(27)30(37)34(19-28(35)36)25-12-8-5-9-13-25/h4,6-7,10-11,14-18,25H,5,8-9,12-13,19H2,1-3H3,(H,35,36)(H2,32,33,38). The van der Waals surface area contributed by atoms with Crippen LogP contribution in [0.4, 0.5) is 16.2 Å². The molecule has 4 rings (SSSR count). The van der Waals surface area contributed by atoms with Crippen LogP contribution in [0.5, 0.6) is 0 Å². The summed E-state index contributed by atoms with van der Waals surface area (Å²) in [6, 6.07) is 18.4. The lowest BCUT2D eigenvalue weighted by atomic mass is 9.93.